The summed E-state index contributed by atoms with van der Waals surface area (Å²) in [4.78, 5) is 6.47. The standard InChI is InChI=1S/C15H21N3/c1-2-7-15(18-11-4-3-5-12-18)8-6-10-17-13-9-16-14-17/h2,6-9,13-14H,1,3-5,10-12H2/b8-6-,15-7+. The van der Waals surface area contributed by atoms with Crippen LogP contribution in [0.4, 0.5) is 0 Å². The van der Waals surface area contributed by atoms with E-state index in [1.165, 1.54) is 25.0 Å². The van der Waals surface area contributed by atoms with Gasteiger partial charge in [-0.3, -0.25) is 0 Å². The number of hydrogen-bond acceptors (Lipinski definition) is 2. The Bertz CT molecular complexity index is 409. The number of aromatic nitrogens is 2. The first-order valence-corrected chi connectivity index (χ1v) is 6.60. The second kappa shape index (κ2) is 6.84. The molecular weight excluding hydrogens is 222 g/mol. The third-order valence-corrected chi connectivity index (χ3v) is 3.17. The highest BCUT2D eigenvalue weighted by Crippen LogP contribution is 2.15. The van der Waals surface area contributed by atoms with Gasteiger partial charge < -0.3 is 9.47 Å². The molecule has 0 N–H and O–H groups in total. The zero-order valence-corrected chi connectivity index (χ0v) is 10.8. The van der Waals surface area contributed by atoms with Crippen LogP contribution in [-0.2, 0) is 6.54 Å². The van der Waals surface area contributed by atoms with Crippen LogP contribution in [0.5, 0.6) is 0 Å². The number of nitrogens with zero attached hydrogens (tertiary/aromatic N) is 3. The molecule has 1 fully saturated rings. The van der Waals surface area contributed by atoms with Crippen molar-refractivity contribution in [1.82, 2.24) is 14.5 Å². The smallest absolute Gasteiger partial charge is 0.0948 e. The van der Waals surface area contributed by atoms with E-state index in [9.17, 15) is 0 Å². The van der Waals surface area contributed by atoms with Gasteiger partial charge in [0.15, 0.2) is 0 Å². The topological polar surface area (TPSA) is 21.1 Å². The Hall–Kier alpha value is -1.77. The molecule has 1 aromatic rings. The van der Waals surface area contributed by atoms with E-state index in [1.54, 1.807) is 6.20 Å². The summed E-state index contributed by atoms with van der Waals surface area (Å²) >= 11 is 0. The van der Waals surface area contributed by atoms with Crippen molar-refractivity contribution in [3.05, 3.63) is 55.3 Å². The summed E-state index contributed by atoms with van der Waals surface area (Å²) in [6.45, 7) is 6.99. The van der Waals surface area contributed by atoms with Gasteiger partial charge in [-0.2, -0.15) is 0 Å². The zero-order chi connectivity index (χ0) is 12.6. The number of hydrogen-bond donors (Lipinski definition) is 0. The van der Waals surface area contributed by atoms with Gasteiger partial charge in [0.05, 0.1) is 6.33 Å². The van der Waals surface area contributed by atoms with Gasteiger partial charge in [0.1, 0.15) is 0 Å². The van der Waals surface area contributed by atoms with E-state index < -0.39 is 0 Å². The van der Waals surface area contributed by atoms with Crippen molar-refractivity contribution in [2.75, 3.05) is 13.1 Å². The first-order chi connectivity index (χ1) is 8.90. The number of likely N-dealkylation sites (tertiary alicyclic amines) is 1. The quantitative estimate of drug-likeness (QED) is 0.741. The molecule has 0 spiro atoms. The fourth-order valence-corrected chi connectivity index (χ4v) is 2.23. The van der Waals surface area contributed by atoms with Gasteiger partial charge in [-0.05, 0) is 31.4 Å². The number of imidazole rings is 1. The minimum absolute atomic E-state index is 0.863. The molecule has 0 bridgehead atoms. The van der Waals surface area contributed by atoms with Crippen molar-refractivity contribution in [2.45, 2.75) is 25.8 Å². The highest BCUT2D eigenvalue weighted by atomic mass is 15.1. The van der Waals surface area contributed by atoms with Gasteiger partial charge in [0, 0.05) is 37.7 Å². The van der Waals surface area contributed by atoms with E-state index in [4.69, 9.17) is 0 Å². The third kappa shape index (κ3) is 3.62. The maximum absolute atomic E-state index is 4.03. The summed E-state index contributed by atoms with van der Waals surface area (Å²) in [7, 11) is 0. The average Bonchev–Trinajstić information content (AvgIpc) is 2.92. The molecule has 1 aromatic heterocycles. The van der Waals surface area contributed by atoms with Gasteiger partial charge in [0.2, 0.25) is 0 Å². The Kier molecular flexibility index (Phi) is 4.82. The molecule has 1 aliphatic rings. The zero-order valence-electron chi connectivity index (χ0n) is 10.8. The van der Waals surface area contributed by atoms with Gasteiger partial charge in [0.25, 0.3) is 0 Å². The maximum atomic E-state index is 4.03. The molecule has 0 atom stereocenters. The average molecular weight is 243 g/mol. The van der Waals surface area contributed by atoms with Crippen LogP contribution in [0.1, 0.15) is 19.3 Å². The predicted molar refractivity (Wildman–Crippen MR) is 75.1 cm³/mol. The minimum atomic E-state index is 0.863. The molecule has 1 saturated heterocycles. The summed E-state index contributed by atoms with van der Waals surface area (Å²) in [5.41, 5.74) is 1.27. The van der Waals surface area contributed by atoms with Crippen LogP contribution in [0.3, 0.4) is 0 Å². The lowest BCUT2D eigenvalue weighted by atomic mass is 10.1. The van der Waals surface area contributed by atoms with Crippen molar-refractivity contribution in [3.8, 4) is 0 Å². The molecule has 96 valence electrons. The van der Waals surface area contributed by atoms with Crippen LogP contribution >= 0.6 is 0 Å². The van der Waals surface area contributed by atoms with Gasteiger partial charge in [-0.25, -0.2) is 4.98 Å². The largest absolute Gasteiger partial charge is 0.372 e. The Labute approximate surface area is 109 Å². The predicted octanol–water partition coefficient (Wildman–Crippen LogP) is 3.00. The molecule has 0 unspecified atom stereocenters. The number of allylic oxidation sites excluding steroid dienone is 4. The molecule has 0 aliphatic carbocycles. The summed E-state index contributed by atoms with van der Waals surface area (Å²) in [6, 6.07) is 0. The fraction of sp³-hybridized carbons (Fsp3) is 0.400. The molecular formula is C15H21N3. The summed E-state index contributed by atoms with van der Waals surface area (Å²) in [6.07, 6.45) is 17.9. The van der Waals surface area contributed by atoms with Crippen LogP contribution in [-0.4, -0.2) is 27.5 Å². The van der Waals surface area contributed by atoms with Crippen molar-refractivity contribution >= 4 is 0 Å². The maximum Gasteiger partial charge on any atom is 0.0948 e. The summed E-state index contributed by atoms with van der Waals surface area (Å²) < 4.78 is 2.05. The van der Waals surface area contributed by atoms with Gasteiger partial charge >= 0.3 is 0 Å². The van der Waals surface area contributed by atoms with Crippen LogP contribution in [0.15, 0.2) is 55.3 Å². The molecule has 0 amide bonds. The van der Waals surface area contributed by atoms with Crippen LogP contribution in [0.25, 0.3) is 0 Å². The first kappa shape index (κ1) is 12.7. The Morgan fingerprint density at radius 2 is 2.11 bits per heavy atom. The van der Waals surface area contributed by atoms with Gasteiger partial charge in [-0.1, -0.05) is 18.7 Å². The Morgan fingerprint density at radius 1 is 1.28 bits per heavy atom. The number of piperidine rings is 1. The molecule has 3 heteroatoms. The molecule has 3 nitrogen and oxygen atoms in total. The van der Waals surface area contributed by atoms with Crippen molar-refractivity contribution < 1.29 is 0 Å². The van der Waals surface area contributed by atoms with E-state index in [0.717, 1.165) is 19.6 Å². The molecule has 0 radical (unpaired) electrons. The lowest BCUT2D eigenvalue weighted by Gasteiger charge is -2.29. The van der Waals surface area contributed by atoms with E-state index in [1.807, 2.05) is 18.6 Å². The van der Waals surface area contributed by atoms with Crippen molar-refractivity contribution in [2.24, 2.45) is 0 Å². The lowest BCUT2D eigenvalue weighted by molar-refractivity contribution is 0.293. The fourth-order valence-electron chi connectivity index (χ4n) is 2.23. The number of rotatable bonds is 5. The molecule has 18 heavy (non-hydrogen) atoms. The van der Waals surface area contributed by atoms with Crippen LogP contribution in [0.2, 0.25) is 0 Å². The van der Waals surface area contributed by atoms with Crippen LogP contribution in [0, 0.1) is 0 Å². The van der Waals surface area contributed by atoms with Crippen molar-refractivity contribution in [1.29, 1.82) is 0 Å². The van der Waals surface area contributed by atoms with E-state index >= 15 is 0 Å². The highest BCUT2D eigenvalue weighted by Gasteiger charge is 2.10. The van der Waals surface area contributed by atoms with E-state index in [-0.39, 0.29) is 0 Å². The van der Waals surface area contributed by atoms with Crippen LogP contribution < -0.4 is 0 Å². The Morgan fingerprint density at radius 3 is 2.78 bits per heavy atom. The summed E-state index contributed by atoms with van der Waals surface area (Å²) in [5, 5.41) is 0. The second-order valence-corrected chi connectivity index (χ2v) is 4.54. The third-order valence-electron chi connectivity index (χ3n) is 3.17. The lowest BCUT2D eigenvalue weighted by Crippen LogP contribution is -2.28. The molecule has 2 rings (SSSR count). The molecule has 2 heterocycles. The minimum Gasteiger partial charge on any atom is -0.372 e. The first-order valence-electron chi connectivity index (χ1n) is 6.60. The molecule has 0 aromatic carbocycles. The highest BCUT2D eigenvalue weighted by molar-refractivity contribution is 5.22. The summed E-state index contributed by atoms with van der Waals surface area (Å²) in [5.74, 6) is 0. The molecule has 1 aliphatic heterocycles. The second-order valence-electron chi connectivity index (χ2n) is 4.54. The SMILES string of the molecule is C=C/C=C(\C=C/Cn1ccnc1)N1CCCCC1. The normalized spacial score (nSPS) is 17.3. The monoisotopic (exact) mass is 243 g/mol. The van der Waals surface area contributed by atoms with E-state index in [2.05, 4.69) is 39.3 Å². The van der Waals surface area contributed by atoms with E-state index in [0.29, 0.717) is 0 Å². The van der Waals surface area contributed by atoms with Gasteiger partial charge in [-0.15, -0.1) is 0 Å². The molecule has 0 saturated carbocycles. The Balaban J connectivity index is 1.95. The van der Waals surface area contributed by atoms with Crippen molar-refractivity contribution in [3.63, 3.8) is 0 Å².